The van der Waals surface area contributed by atoms with Gasteiger partial charge in [0.1, 0.15) is 0 Å². The van der Waals surface area contributed by atoms with Crippen molar-refractivity contribution in [3.05, 3.63) is 33.4 Å². The first-order chi connectivity index (χ1) is 10.9. The molecule has 0 fully saturated rings. The summed E-state index contributed by atoms with van der Waals surface area (Å²) < 4.78 is 9.89. The predicted molar refractivity (Wildman–Crippen MR) is 88.5 cm³/mol. The lowest BCUT2D eigenvalue weighted by molar-refractivity contribution is -0.168. The highest BCUT2D eigenvalue weighted by Gasteiger charge is 2.53. The minimum absolute atomic E-state index is 0.366. The quantitative estimate of drug-likeness (QED) is 0.633. The van der Waals surface area contributed by atoms with Crippen LogP contribution in [0.25, 0.3) is 0 Å². The highest BCUT2D eigenvalue weighted by atomic mass is 16.5. The van der Waals surface area contributed by atoms with Gasteiger partial charge < -0.3 is 9.47 Å². The molecule has 126 valence electrons. The number of methoxy groups -OCH3 is 2. The van der Waals surface area contributed by atoms with Gasteiger partial charge in [-0.1, -0.05) is 13.8 Å². The number of hydrogen-bond acceptors (Lipinski definition) is 4. The van der Waals surface area contributed by atoms with Crippen LogP contribution in [0.4, 0.5) is 0 Å². The number of carbonyl (C=O) groups excluding carboxylic acids is 2. The van der Waals surface area contributed by atoms with E-state index in [0.29, 0.717) is 12.8 Å². The molecule has 1 aliphatic rings. The van der Waals surface area contributed by atoms with Crippen LogP contribution < -0.4 is 0 Å². The molecule has 1 aliphatic carbocycles. The van der Waals surface area contributed by atoms with E-state index in [2.05, 4.69) is 27.7 Å². The summed E-state index contributed by atoms with van der Waals surface area (Å²) in [5.74, 6) is -1.01. The number of ether oxygens (including phenoxy) is 2. The minimum atomic E-state index is -1.24. The van der Waals surface area contributed by atoms with Crippen molar-refractivity contribution in [1.29, 1.82) is 0 Å². The van der Waals surface area contributed by atoms with Crippen molar-refractivity contribution in [3.63, 3.8) is 0 Å². The van der Waals surface area contributed by atoms with Crippen LogP contribution in [0.5, 0.6) is 0 Å². The SMILES string of the molecule is CCc1c(C)c2c(c(C)c1CC)CC(C(=O)OC)(C(=O)OC)C2. The highest BCUT2D eigenvalue weighted by molar-refractivity contribution is 6.01. The van der Waals surface area contributed by atoms with Crippen LogP contribution in [-0.4, -0.2) is 26.2 Å². The Labute approximate surface area is 138 Å². The molecular formula is C19H26O4. The smallest absolute Gasteiger partial charge is 0.323 e. The van der Waals surface area contributed by atoms with Gasteiger partial charge in [-0.25, -0.2) is 0 Å². The predicted octanol–water partition coefficient (Wildman–Crippen LogP) is 2.86. The number of fused-ring (bicyclic) bond motifs is 1. The molecule has 23 heavy (non-hydrogen) atoms. The van der Waals surface area contributed by atoms with Crippen molar-refractivity contribution in [1.82, 2.24) is 0 Å². The van der Waals surface area contributed by atoms with Gasteiger partial charge in [-0.05, 0) is 60.1 Å². The molecule has 0 unspecified atom stereocenters. The van der Waals surface area contributed by atoms with Crippen molar-refractivity contribution < 1.29 is 19.1 Å². The third-order valence-electron chi connectivity index (χ3n) is 5.36. The van der Waals surface area contributed by atoms with E-state index in [4.69, 9.17) is 9.47 Å². The summed E-state index contributed by atoms with van der Waals surface area (Å²) in [7, 11) is 2.65. The Morgan fingerprint density at radius 3 is 1.48 bits per heavy atom. The summed E-state index contributed by atoms with van der Waals surface area (Å²) in [5.41, 5.74) is 6.10. The Kier molecular flexibility index (Phi) is 4.83. The van der Waals surface area contributed by atoms with Crippen LogP contribution in [0.2, 0.25) is 0 Å². The molecule has 1 aromatic rings. The lowest BCUT2D eigenvalue weighted by Gasteiger charge is -2.22. The van der Waals surface area contributed by atoms with E-state index in [1.54, 1.807) is 0 Å². The topological polar surface area (TPSA) is 52.6 Å². The van der Waals surface area contributed by atoms with E-state index in [0.717, 1.165) is 24.0 Å². The zero-order chi connectivity index (χ0) is 17.4. The molecule has 4 nitrogen and oxygen atoms in total. The average molecular weight is 318 g/mol. The second-order valence-electron chi connectivity index (χ2n) is 6.29. The Balaban J connectivity index is 2.68. The molecular weight excluding hydrogens is 292 g/mol. The van der Waals surface area contributed by atoms with Gasteiger partial charge in [0.2, 0.25) is 0 Å². The first kappa shape index (κ1) is 17.5. The highest BCUT2D eigenvalue weighted by Crippen LogP contribution is 2.44. The fraction of sp³-hybridized carbons (Fsp3) is 0.579. The molecule has 0 aliphatic heterocycles. The molecule has 0 bridgehead atoms. The fourth-order valence-corrected chi connectivity index (χ4v) is 4.13. The maximum Gasteiger partial charge on any atom is 0.323 e. The van der Waals surface area contributed by atoms with Crippen LogP contribution in [0.15, 0.2) is 0 Å². The second-order valence-corrected chi connectivity index (χ2v) is 6.29. The van der Waals surface area contributed by atoms with Crippen molar-refractivity contribution in [2.24, 2.45) is 5.41 Å². The summed E-state index contributed by atoms with van der Waals surface area (Å²) in [4.78, 5) is 24.8. The number of hydrogen-bond donors (Lipinski definition) is 0. The zero-order valence-corrected chi connectivity index (χ0v) is 15.0. The van der Waals surface area contributed by atoms with Gasteiger partial charge in [0, 0.05) is 12.8 Å². The van der Waals surface area contributed by atoms with Crippen LogP contribution in [-0.2, 0) is 44.7 Å². The molecule has 0 saturated heterocycles. The zero-order valence-electron chi connectivity index (χ0n) is 15.0. The van der Waals surface area contributed by atoms with Gasteiger partial charge in [0.15, 0.2) is 5.41 Å². The van der Waals surface area contributed by atoms with Gasteiger partial charge in [-0.3, -0.25) is 9.59 Å². The number of esters is 2. The first-order valence-corrected chi connectivity index (χ1v) is 8.17. The number of carbonyl (C=O) groups is 2. The third kappa shape index (κ3) is 2.44. The largest absolute Gasteiger partial charge is 0.468 e. The van der Waals surface area contributed by atoms with Crippen molar-refractivity contribution in [2.45, 2.75) is 53.4 Å². The monoisotopic (exact) mass is 318 g/mol. The molecule has 0 radical (unpaired) electrons. The van der Waals surface area contributed by atoms with Crippen LogP contribution in [0.3, 0.4) is 0 Å². The summed E-state index contributed by atoms with van der Waals surface area (Å²) in [5, 5.41) is 0. The van der Waals surface area contributed by atoms with Gasteiger partial charge >= 0.3 is 11.9 Å². The van der Waals surface area contributed by atoms with E-state index >= 15 is 0 Å². The third-order valence-corrected chi connectivity index (χ3v) is 5.36. The molecule has 0 heterocycles. The molecule has 4 heteroatoms. The Morgan fingerprint density at radius 2 is 1.22 bits per heavy atom. The average Bonchev–Trinajstić information content (AvgIpc) is 2.98. The van der Waals surface area contributed by atoms with E-state index < -0.39 is 17.4 Å². The first-order valence-electron chi connectivity index (χ1n) is 8.17. The standard InChI is InChI=1S/C19H26O4/c1-7-13-11(3)15-9-19(17(20)22-5,18(21)23-6)10-16(15)12(4)14(13)8-2/h7-10H2,1-6H3. The minimum Gasteiger partial charge on any atom is -0.468 e. The number of rotatable bonds is 4. The van der Waals surface area contributed by atoms with Crippen molar-refractivity contribution >= 4 is 11.9 Å². The lowest BCUT2D eigenvalue weighted by atomic mass is 9.84. The lowest BCUT2D eigenvalue weighted by Crippen LogP contribution is -2.42. The van der Waals surface area contributed by atoms with Gasteiger partial charge in [0.25, 0.3) is 0 Å². The van der Waals surface area contributed by atoms with Gasteiger partial charge in [0.05, 0.1) is 14.2 Å². The Hall–Kier alpha value is -1.84. The molecule has 0 aromatic heterocycles. The van der Waals surface area contributed by atoms with E-state index in [1.807, 2.05) is 0 Å². The molecule has 1 aromatic carbocycles. The maximum atomic E-state index is 12.4. The summed E-state index contributed by atoms with van der Waals surface area (Å²) in [6.45, 7) is 8.49. The maximum absolute atomic E-state index is 12.4. The molecule has 0 spiro atoms. The van der Waals surface area contributed by atoms with Crippen molar-refractivity contribution in [2.75, 3.05) is 14.2 Å². The fourth-order valence-electron chi connectivity index (χ4n) is 4.13. The Bertz CT molecular complexity index is 601. The molecule has 0 N–H and O–H groups in total. The van der Waals surface area contributed by atoms with E-state index in [-0.39, 0.29) is 0 Å². The Morgan fingerprint density at radius 1 is 0.870 bits per heavy atom. The van der Waals surface area contributed by atoms with E-state index in [9.17, 15) is 9.59 Å². The summed E-state index contributed by atoms with van der Waals surface area (Å²) in [6, 6.07) is 0. The van der Waals surface area contributed by atoms with Gasteiger partial charge in [-0.15, -0.1) is 0 Å². The second kappa shape index (κ2) is 6.34. The van der Waals surface area contributed by atoms with E-state index in [1.165, 1.54) is 36.5 Å². The summed E-state index contributed by atoms with van der Waals surface area (Å²) in [6.07, 6.45) is 2.63. The molecule has 2 rings (SSSR count). The van der Waals surface area contributed by atoms with Crippen LogP contribution in [0.1, 0.15) is 47.2 Å². The molecule has 0 amide bonds. The van der Waals surface area contributed by atoms with Crippen LogP contribution >= 0.6 is 0 Å². The van der Waals surface area contributed by atoms with Gasteiger partial charge in [-0.2, -0.15) is 0 Å². The normalized spacial score (nSPS) is 15.2. The number of benzene rings is 1. The van der Waals surface area contributed by atoms with Crippen molar-refractivity contribution in [3.8, 4) is 0 Å². The van der Waals surface area contributed by atoms with Crippen LogP contribution in [0, 0.1) is 19.3 Å². The summed E-state index contributed by atoms with van der Waals surface area (Å²) >= 11 is 0. The molecule has 0 saturated carbocycles. The molecule has 0 atom stereocenters.